The minimum Gasteiger partial charge on any atom is -0.493 e. The van der Waals surface area contributed by atoms with Crippen LogP contribution in [-0.2, 0) is 33.5 Å². The Hall–Kier alpha value is -4.66. The molecule has 1 unspecified atom stereocenters. The predicted octanol–water partition coefficient (Wildman–Crippen LogP) is 5.40. The zero-order valence-electron chi connectivity index (χ0n) is 31.2. The maximum absolute atomic E-state index is 17.8. The summed E-state index contributed by atoms with van der Waals surface area (Å²) in [5.41, 5.74) is -5.97. The first kappa shape index (κ1) is 40.5. The molecule has 0 aliphatic heterocycles. The van der Waals surface area contributed by atoms with Gasteiger partial charge in [-0.3, -0.25) is 19.2 Å². The summed E-state index contributed by atoms with van der Waals surface area (Å²) < 4.78 is 40.1. The molecule has 0 spiro atoms. The van der Waals surface area contributed by atoms with Crippen molar-refractivity contribution in [2.24, 2.45) is 28.6 Å². The number of benzene rings is 1. The number of esters is 3. The molecule has 1 aromatic carbocycles. The van der Waals surface area contributed by atoms with Gasteiger partial charge in [-0.05, 0) is 69.2 Å². The molecule has 2 saturated carbocycles. The zero-order valence-corrected chi connectivity index (χ0v) is 31.2. The third-order valence-electron chi connectivity index (χ3n) is 12.2. The number of ether oxygens (including phenoxy) is 4. The summed E-state index contributed by atoms with van der Waals surface area (Å²) in [6, 6.07) is 3.83. The average molecular weight is 758 g/mol. The second kappa shape index (κ2) is 15.6. The number of rotatable bonds is 15. The topological polar surface area (TPSA) is 195 Å². The van der Waals surface area contributed by atoms with E-state index >= 15 is 4.39 Å². The Kier molecular flexibility index (Phi) is 11.7. The van der Waals surface area contributed by atoms with Gasteiger partial charge >= 0.3 is 17.9 Å². The molecule has 0 radical (unpaired) electrons. The fourth-order valence-corrected chi connectivity index (χ4v) is 9.59. The normalized spacial score (nSPS) is 32.3. The summed E-state index contributed by atoms with van der Waals surface area (Å²) in [5, 5.41) is 21.2. The molecule has 294 valence electrons. The number of carbonyl (C=O) groups excluding carboxylic acids is 5. The van der Waals surface area contributed by atoms with E-state index in [1.54, 1.807) is 26.8 Å². The smallest absolute Gasteiger partial charge is 0.338 e. The van der Waals surface area contributed by atoms with Gasteiger partial charge in [0.2, 0.25) is 5.78 Å². The highest BCUT2D eigenvalue weighted by Crippen LogP contribution is 2.71. The second-order valence-electron chi connectivity index (χ2n) is 15.2. The van der Waals surface area contributed by atoms with Crippen LogP contribution in [0.25, 0.3) is 0 Å². The molecule has 0 saturated heterocycles. The van der Waals surface area contributed by atoms with Crippen LogP contribution in [0.1, 0.15) is 95.8 Å². The van der Waals surface area contributed by atoms with Crippen LogP contribution in [0.4, 0.5) is 4.39 Å². The minimum atomic E-state index is -2.17. The molecule has 15 heteroatoms. The number of nitrogens with zero attached hydrogens (tertiary/aromatic N) is 1. The van der Waals surface area contributed by atoms with E-state index < -0.39 is 81.3 Å². The Morgan fingerprint density at radius 3 is 2.48 bits per heavy atom. The highest BCUT2D eigenvalue weighted by Gasteiger charge is 2.77. The number of allylic oxidation sites excluding steroid dienone is 4. The Labute approximate surface area is 312 Å². The highest BCUT2D eigenvalue weighted by atomic mass is 19.1. The van der Waals surface area contributed by atoms with Gasteiger partial charge in [-0.15, -0.1) is 10.1 Å². The van der Waals surface area contributed by atoms with Crippen LogP contribution in [0.2, 0.25) is 0 Å². The Bertz CT molecular complexity index is 1760. The van der Waals surface area contributed by atoms with Crippen LogP contribution in [0.3, 0.4) is 0 Å². The predicted molar refractivity (Wildman–Crippen MR) is 187 cm³/mol. The van der Waals surface area contributed by atoms with Crippen molar-refractivity contribution in [2.75, 3.05) is 20.3 Å². The van der Waals surface area contributed by atoms with Gasteiger partial charge in [0.15, 0.2) is 35.2 Å². The third-order valence-corrected chi connectivity index (χ3v) is 12.2. The van der Waals surface area contributed by atoms with Crippen molar-refractivity contribution >= 4 is 29.5 Å². The van der Waals surface area contributed by atoms with Gasteiger partial charge in [-0.25, -0.2) is 9.18 Å². The van der Waals surface area contributed by atoms with Gasteiger partial charge < -0.3 is 28.9 Å². The van der Waals surface area contributed by atoms with Gasteiger partial charge in [0, 0.05) is 41.9 Å². The molecule has 14 nitrogen and oxygen atoms in total. The summed E-state index contributed by atoms with van der Waals surface area (Å²) in [6.45, 7) is 6.02. The number of methoxy groups -OCH3 is 1. The average Bonchev–Trinajstić information content (AvgIpc) is 3.34. The van der Waals surface area contributed by atoms with Gasteiger partial charge in [0.1, 0.15) is 0 Å². The van der Waals surface area contributed by atoms with Crippen molar-refractivity contribution in [3.63, 3.8) is 0 Å². The molecule has 0 bridgehead atoms. The molecule has 5 rings (SSSR count). The van der Waals surface area contributed by atoms with E-state index in [1.165, 1.54) is 31.4 Å². The number of alkyl halides is 1. The standard InChI is InChI=1S/C39H48FNO13/c1-6-7-9-34(46)54-39(32(44)22-51-35(47)24-11-14-29(30(19-24)50-5)53-33(45)10-8-17-52-41(48)49)23(2)18-28-27-13-12-25-20-26(42)15-16-36(25,3)38(27,40)31(43)21-37(28,39)4/h11-12,14-16,19,23,27-28,31,43H,6-10,13,17-18,20-22H2,1-5H3/t23-,27?,28-,31-,36-,37-,38-,39-/m0/s1. The first-order chi connectivity index (χ1) is 25.5. The first-order valence-electron chi connectivity index (χ1n) is 18.3. The molecule has 54 heavy (non-hydrogen) atoms. The van der Waals surface area contributed by atoms with Crippen LogP contribution < -0.4 is 9.47 Å². The van der Waals surface area contributed by atoms with Crippen LogP contribution in [0.5, 0.6) is 11.5 Å². The maximum atomic E-state index is 17.8. The summed E-state index contributed by atoms with van der Waals surface area (Å²) in [4.78, 5) is 80.4. The Morgan fingerprint density at radius 1 is 1.07 bits per heavy atom. The quantitative estimate of drug-likeness (QED) is 0.0597. The lowest BCUT2D eigenvalue weighted by Gasteiger charge is -2.62. The van der Waals surface area contributed by atoms with Crippen molar-refractivity contribution < 1.29 is 62.3 Å². The number of aliphatic hydroxyl groups is 1. The van der Waals surface area contributed by atoms with E-state index in [4.69, 9.17) is 18.9 Å². The fourth-order valence-electron chi connectivity index (χ4n) is 9.59. The van der Waals surface area contributed by atoms with E-state index in [0.29, 0.717) is 24.8 Å². The van der Waals surface area contributed by atoms with E-state index in [-0.39, 0.29) is 68.0 Å². The SMILES string of the molecule is CCCCC(=O)O[C@]1(C(=O)COC(=O)c2ccc(OC(=O)CCCO[N+](=O)[O-])c(OC)c2)[C@@H](C)C[C@H]2C3CC=C4CC(=O)C=C[C@]4(C)[C@@]3(F)[C@@H](O)C[C@@]21C. The van der Waals surface area contributed by atoms with Crippen LogP contribution >= 0.6 is 0 Å². The summed E-state index contributed by atoms with van der Waals surface area (Å²) in [6.07, 6.45) is 4.63. The lowest BCUT2D eigenvalue weighted by atomic mass is 9.45. The van der Waals surface area contributed by atoms with Gasteiger partial charge in [-0.2, -0.15) is 0 Å². The van der Waals surface area contributed by atoms with E-state index in [2.05, 4.69) is 4.84 Å². The summed E-state index contributed by atoms with van der Waals surface area (Å²) >= 11 is 0. The highest BCUT2D eigenvalue weighted by molar-refractivity contribution is 5.97. The number of fused-ring (bicyclic) bond motifs is 5. The Balaban J connectivity index is 1.39. The van der Waals surface area contributed by atoms with Gasteiger partial charge in [-0.1, -0.05) is 44.9 Å². The number of halogens is 1. The lowest BCUT2D eigenvalue weighted by molar-refractivity contribution is -0.757. The third kappa shape index (κ3) is 6.90. The van der Waals surface area contributed by atoms with Crippen LogP contribution in [0, 0.1) is 38.7 Å². The van der Waals surface area contributed by atoms with Gasteiger partial charge in [0.05, 0.1) is 25.4 Å². The van der Waals surface area contributed by atoms with Crippen molar-refractivity contribution in [2.45, 2.75) is 103 Å². The molecule has 1 aromatic rings. The number of aliphatic hydroxyl groups excluding tert-OH is 1. The zero-order chi connectivity index (χ0) is 39.6. The maximum Gasteiger partial charge on any atom is 0.338 e. The van der Waals surface area contributed by atoms with Crippen molar-refractivity contribution in [3.8, 4) is 11.5 Å². The molecule has 2 fully saturated rings. The molecular formula is C39H48FNO13. The fraction of sp³-hybridized carbons (Fsp3) is 0.615. The monoisotopic (exact) mass is 757 g/mol. The van der Waals surface area contributed by atoms with E-state index in [0.717, 1.165) is 0 Å². The van der Waals surface area contributed by atoms with Crippen molar-refractivity contribution in [1.82, 2.24) is 0 Å². The molecular weight excluding hydrogens is 709 g/mol. The number of Topliss-reactive ketones (excluding diaryl/α,β-unsaturated/α-hetero) is 1. The molecule has 0 aromatic heterocycles. The molecule has 1 N–H and O–H groups in total. The molecule has 4 aliphatic carbocycles. The second-order valence-corrected chi connectivity index (χ2v) is 15.2. The number of hydrogen-bond acceptors (Lipinski definition) is 13. The Morgan fingerprint density at radius 2 is 1.80 bits per heavy atom. The number of hydrogen-bond donors (Lipinski definition) is 1. The number of carbonyl (C=O) groups is 5. The van der Waals surface area contributed by atoms with Crippen molar-refractivity contribution in [1.29, 1.82) is 0 Å². The molecule has 0 heterocycles. The largest absolute Gasteiger partial charge is 0.493 e. The molecule has 4 aliphatic rings. The minimum absolute atomic E-state index is 0.00628. The van der Waals surface area contributed by atoms with Crippen molar-refractivity contribution in [3.05, 3.63) is 57.7 Å². The van der Waals surface area contributed by atoms with Crippen LogP contribution in [-0.4, -0.2) is 77.4 Å². The lowest BCUT2D eigenvalue weighted by Crippen LogP contribution is -2.69. The van der Waals surface area contributed by atoms with Gasteiger partial charge in [0.25, 0.3) is 5.09 Å². The number of ketones is 2. The molecule has 8 atom stereocenters. The van der Waals surface area contributed by atoms with E-state index in [1.807, 2.05) is 13.0 Å². The molecule has 0 amide bonds. The van der Waals surface area contributed by atoms with Crippen LogP contribution in [0.15, 0.2) is 42.0 Å². The van der Waals surface area contributed by atoms with E-state index in [9.17, 15) is 39.2 Å². The summed E-state index contributed by atoms with van der Waals surface area (Å²) in [5.74, 6) is -5.10. The summed E-state index contributed by atoms with van der Waals surface area (Å²) in [7, 11) is 1.28. The number of unbranched alkanes of at least 4 members (excludes halogenated alkanes) is 1. The first-order valence-corrected chi connectivity index (χ1v) is 18.3.